The van der Waals surface area contributed by atoms with Crippen molar-refractivity contribution in [3.8, 4) is 23.1 Å². The van der Waals surface area contributed by atoms with Gasteiger partial charge in [0.2, 0.25) is 11.6 Å². The van der Waals surface area contributed by atoms with Crippen LogP contribution in [-0.2, 0) is 6.61 Å². The van der Waals surface area contributed by atoms with Crippen LogP contribution in [0.3, 0.4) is 0 Å². The fraction of sp³-hybridized carbons (Fsp3) is 0.389. The summed E-state index contributed by atoms with van der Waals surface area (Å²) < 4.78 is 21.7. The molecule has 0 fully saturated rings. The molecule has 0 spiro atoms. The van der Waals surface area contributed by atoms with Crippen molar-refractivity contribution in [2.75, 3.05) is 33.2 Å². The number of guanidine groups is 1. The highest BCUT2D eigenvalue weighted by Gasteiger charge is 2.14. The number of hydrogen-bond donors (Lipinski definition) is 2. The minimum absolute atomic E-state index is 0.282. The van der Waals surface area contributed by atoms with E-state index in [0.717, 1.165) is 12.1 Å². The van der Waals surface area contributed by atoms with Crippen molar-refractivity contribution in [3.63, 3.8) is 0 Å². The average molecular weight is 373 g/mol. The Balaban J connectivity index is 1.63. The third kappa shape index (κ3) is 4.49. The van der Waals surface area contributed by atoms with E-state index in [1.165, 1.54) is 0 Å². The van der Waals surface area contributed by atoms with Gasteiger partial charge in [0.05, 0.1) is 40.3 Å². The summed E-state index contributed by atoms with van der Waals surface area (Å²) in [5.74, 6) is 3.37. The van der Waals surface area contributed by atoms with Gasteiger partial charge in [-0.2, -0.15) is 0 Å². The highest BCUT2D eigenvalue weighted by Crippen LogP contribution is 2.38. The van der Waals surface area contributed by atoms with Crippen LogP contribution in [0.2, 0.25) is 0 Å². The molecule has 1 aliphatic rings. The molecule has 0 bridgehead atoms. The van der Waals surface area contributed by atoms with Gasteiger partial charge in [-0.15, -0.1) is 0 Å². The second kappa shape index (κ2) is 8.43. The topological polar surface area (TPSA) is 99.1 Å². The first kappa shape index (κ1) is 18.6. The van der Waals surface area contributed by atoms with Crippen LogP contribution in [0.1, 0.15) is 12.5 Å². The van der Waals surface area contributed by atoms with Crippen LogP contribution in [0, 0.1) is 0 Å². The van der Waals surface area contributed by atoms with E-state index < -0.39 is 0 Å². The van der Waals surface area contributed by atoms with Gasteiger partial charge in [-0.1, -0.05) is 0 Å². The first-order valence-corrected chi connectivity index (χ1v) is 8.44. The Labute approximate surface area is 157 Å². The van der Waals surface area contributed by atoms with Gasteiger partial charge in [0, 0.05) is 6.04 Å². The predicted molar refractivity (Wildman–Crippen MR) is 101 cm³/mol. The lowest BCUT2D eigenvalue weighted by molar-refractivity contribution is 0.287. The zero-order valence-electron chi connectivity index (χ0n) is 15.8. The lowest BCUT2D eigenvalue weighted by Gasteiger charge is -2.14. The van der Waals surface area contributed by atoms with Crippen molar-refractivity contribution in [3.05, 3.63) is 30.1 Å². The van der Waals surface area contributed by atoms with Crippen LogP contribution in [0.25, 0.3) is 0 Å². The molecule has 2 N–H and O–H groups in total. The molecule has 9 heteroatoms. The molecule has 0 aliphatic carbocycles. The van der Waals surface area contributed by atoms with E-state index in [1.54, 1.807) is 33.7 Å². The Bertz CT molecular complexity index is 785. The first-order valence-electron chi connectivity index (χ1n) is 8.44. The molecule has 0 radical (unpaired) electrons. The maximum Gasteiger partial charge on any atom is 0.232 e. The van der Waals surface area contributed by atoms with Crippen molar-refractivity contribution >= 4 is 11.8 Å². The van der Waals surface area contributed by atoms with E-state index in [-0.39, 0.29) is 6.61 Å². The fourth-order valence-corrected chi connectivity index (χ4v) is 2.58. The van der Waals surface area contributed by atoms with E-state index in [4.69, 9.17) is 18.9 Å². The molecule has 0 saturated heterocycles. The summed E-state index contributed by atoms with van der Waals surface area (Å²) in [7, 11) is 4.71. The van der Waals surface area contributed by atoms with E-state index in [9.17, 15) is 0 Å². The molecule has 1 atom stereocenters. The number of anilines is 1. The Morgan fingerprint density at radius 2 is 1.81 bits per heavy atom. The van der Waals surface area contributed by atoms with E-state index in [0.29, 0.717) is 40.9 Å². The Kier molecular flexibility index (Phi) is 5.80. The van der Waals surface area contributed by atoms with E-state index in [2.05, 4.69) is 32.5 Å². The highest BCUT2D eigenvalue weighted by atomic mass is 16.5. The van der Waals surface area contributed by atoms with Gasteiger partial charge in [0.1, 0.15) is 6.61 Å². The molecule has 1 aromatic carbocycles. The zero-order chi connectivity index (χ0) is 19.2. The molecule has 0 saturated carbocycles. The molecule has 144 valence electrons. The van der Waals surface area contributed by atoms with E-state index >= 15 is 0 Å². The van der Waals surface area contributed by atoms with Gasteiger partial charge >= 0.3 is 0 Å². The number of aliphatic imine (C=N–C) groups is 1. The number of methoxy groups -OCH3 is 3. The maximum absolute atomic E-state index is 5.71. The normalized spacial score (nSPS) is 15.6. The summed E-state index contributed by atoms with van der Waals surface area (Å²) >= 11 is 0. The highest BCUT2D eigenvalue weighted by molar-refractivity contribution is 5.93. The molecule has 2 heterocycles. The Hall–Kier alpha value is -3.23. The summed E-state index contributed by atoms with van der Waals surface area (Å²) in [6, 6.07) is 3.98. The summed E-state index contributed by atoms with van der Waals surface area (Å²) in [6.45, 7) is 3.08. The van der Waals surface area contributed by atoms with Crippen LogP contribution in [0.4, 0.5) is 5.82 Å². The van der Waals surface area contributed by atoms with Crippen LogP contribution >= 0.6 is 0 Å². The second-order valence-electron chi connectivity index (χ2n) is 5.92. The van der Waals surface area contributed by atoms with Gasteiger partial charge in [-0.3, -0.25) is 4.99 Å². The number of aromatic nitrogens is 2. The third-order valence-electron chi connectivity index (χ3n) is 3.89. The molecule has 1 aromatic heterocycles. The lowest BCUT2D eigenvalue weighted by Crippen LogP contribution is -2.32. The summed E-state index contributed by atoms with van der Waals surface area (Å²) in [5.41, 5.74) is 0.854. The second-order valence-corrected chi connectivity index (χ2v) is 5.92. The third-order valence-corrected chi connectivity index (χ3v) is 3.89. The molecule has 27 heavy (non-hydrogen) atoms. The van der Waals surface area contributed by atoms with Crippen LogP contribution in [-0.4, -0.2) is 49.8 Å². The van der Waals surface area contributed by atoms with Crippen molar-refractivity contribution < 1.29 is 18.9 Å². The number of benzene rings is 1. The number of hydrogen-bond acceptors (Lipinski definition) is 9. The molecule has 9 nitrogen and oxygen atoms in total. The molecule has 3 rings (SSSR count). The molecule has 0 amide bonds. The number of nitrogens with one attached hydrogen (secondary N) is 2. The first-order chi connectivity index (χ1) is 13.1. The number of ether oxygens (including phenoxy) is 4. The predicted octanol–water partition coefficient (Wildman–Crippen LogP) is 1.84. The van der Waals surface area contributed by atoms with Crippen LogP contribution < -0.4 is 29.6 Å². The lowest BCUT2D eigenvalue weighted by atomic mass is 10.2. The molecule has 2 aromatic rings. The molecule has 1 unspecified atom stereocenters. The average Bonchev–Trinajstić information content (AvgIpc) is 3.11. The minimum atomic E-state index is 0.282. The van der Waals surface area contributed by atoms with Gasteiger partial charge in [-0.25, -0.2) is 9.97 Å². The van der Waals surface area contributed by atoms with Crippen LogP contribution in [0.5, 0.6) is 23.1 Å². The van der Waals surface area contributed by atoms with E-state index in [1.807, 2.05) is 12.1 Å². The molecular formula is C18H23N5O4. The minimum Gasteiger partial charge on any atom is -0.493 e. The van der Waals surface area contributed by atoms with Crippen molar-refractivity contribution in [1.29, 1.82) is 0 Å². The largest absolute Gasteiger partial charge is 0.493 e. The Morgan fingerprint density at radius 3 is 2.33 bits per heavy atom. The summed E-state index contributed by atoms with van der Waals surface area (Å²) in [5, 5.41) is 6.28. The standard InChI is InChI=1S/C18H23N5O4/c1-11-7-21-18(22-11)23-15-8-20-16(9-19-15)27-10-12-5-13(24-2)17(26-4)14(6-12)25-3/h5-6,8-9,11H,7,10H2,1-4H3,(H2,19,21,22,23). The van der Waals surface area contributed by atoms with Crippen molar-refractivity contribution in [1.82, 2.24) is 15.3 Å². The van der Waals surface area contributed by atoms with Crippen LogP contribution in [0.15, 0.2) is 29.5 Å². The van der Waals surface area contributed by atoms with Gasteiger partial charge < -0.3 is 29.6 Å². The zero-order valence-corrected chi connectivity index (χ0v) is 15.8. The number of rotatable bonds is 7. The fourth-order valence-electron chi connectivity index (χ4n) is 2.58. The van der Waals surface area contributed by atoms with Crippen molar-refractivity contribution in [2.24, 2.45) is 4.99 Å². The van der Waals surface area contributed by atoms with Gasteiger partial charge in [0.15, 0.2) is 23.3 Å². The molecular weight excluding hydrogens is 350 g/mol. The monoisotopic (exact) mass is 373 g/mol. The number of nitrogens with zero attached hydrogens (tertiary/aromatic N) is 3. The smallest absolute Gasteiger partial charge is 0.232 e. The van der Waals surface area contributed by atoms with Gasteiger partial charge in [-0.05, 0) is 24.6 Å². The SMILES string of the molecule is COc1cc(COc2cnc(NC3=NCC(C)N3)cn2)cc(OC)c1OC. The van der Waals surface area contributed by atoms with Gasteiger partial charge in [0.25, 0.3) is 0 Å². The molecule has 1 aliphatic heterocycles. The van der Waals surface area contributed by atoms with Crippen molar-refractivity contribution in [2.45, 2.75) is 19.6 Å². The summed E-state index contributed by atoms with van der Waals surface area (Å²) in [4.78, 5) is 12.9. The quantitative estimate of drug-likeness (QED) is 0.759. The Morgan fingerprint density at radius 1 is 1.07 bits per heavy atom. The summed E-state index contributed by atoms with van der Waals surface area (Å²) in [6.07, 6.45) is 3.15. The maximum atomic E-state index is 5.71.